The number of hydrogen-bond donors (Lipinski definition) is 1. The van der Waals surface area contributed by atoms with Crippen molar-refractivity contribution in [1.82, 2.24) is 0 Å². The first kappa shape index (κ1) is 13.1. The Morgan fingerprint density at radius 3 is 2.33 bits per heavy atom. The number of hydrogen-bond acceptors (Lipinski definition) is 3. The Bertz CT molecular complexity index is 442. The number of benzene rings is 1. The monoisotopic (exact) mass is 253 g/mol. The van der Waals surface area contributed by atoms with E-state index < -0.39 is 6.17 Å². The third kappa shape index (κ3) is 2.05. The van der Waals surface area contributed by atoms with Crippen LogP contribution in [0.5, 0.6) is 11.5 Å². The molecule has 1 aliphatic carbocycles. The molecule has 0 heterocycles. The molecule has 1 atom stereocenters. The second-order valence-corrected chi connectivity index (χ2v) is 4.93. The average molecular weight is 253 g/mol. The predicted octanol–water partition coefficient (Wildman–Crippen LogP) is 3.07. The van der Waals surface area contributed by atoms with Gasteiger partial charge in [0.2, 0.25) is 0 Å². The first-order chi connectivity index (χ1) is 8.51. The molecular formula is C14H20FNO2. The summed E-state index contributed by atoms with van der Waals surface area (Å²) < 4.78 is 24.2. The smallest absolute Gasteiger partial charge is 0.166 e. The highest BCUT2D eigenvalue weighted by Gasteiger charge is 2.36. The molecule has 1 unspecified atom stereocenters. The van der Waals surface area contributed by atoms with Crippen LogP contribution in [-0.4, -0.2) is 14.2 Å². The number of methoxy groups -OCH3 is 2. The number of halogens is 1. The minimum absolute atomic E-state index is 0.330. The Hall–Kier alpha value is -1.29. The molecule has 0 spiro atoms. The number of nitrogens with two attached hydrogens (primary N) is 1. The van der Waals surface area contributed by atoms with Gasteiger partial charge >= 0.3 is 0 Å². The van der Waals surface area contributed by atoms with E-state index in [4.69, 9.17) is 15.2 Å². The minimum atomic E-state index is -1.11. The van der Waals surface area contributed by atoms with Crippen molar-refractivity contribution in [3.05, 3.63) is 23.3 Å². The van der Waals surface area contributed by atoms with Gasteiger partial charge in [-0.25, -0.2) is 4.39 Å². The first-order valence-electron chi connectivity index (χ1n) is 6.21. The topological polar surface area (TPSA) is 44.5 Å². The van der Waals surface area contributed by atoms with Crippen molar-refractivity contribution in [3.63, 3.8) is 0 Å². The van der Waals surface area contributed by atoms with Gasteiger partial charge in [0.25, 0.3) is 0 Å². The maximum absolute atomic E-state index is 13.7. The predicted molar refractivity (Wildman–Crippen MR) is 68.8 cm³/mol. The van der Waals surface area contributed by atoms with Gasteiger partial charge in [0.15, 0.2) is 11.5 Å². The lowest BCUT2D eigenvalue weighted by Gasteiger charge is -2.39. The highest BCUT2D eigenvalue weighted by atomic mass is 19.1. The summed E-state index contributed by atoms with van der Waals surface area (Å²) >= 11 is 0. The van der Waals surface area contributed by atoms with Gasteiger partial charge in [-0.05, 0) is 43.9 Å². The molecule has 4 heteroatoms. The van der Waals surface area contributed by atoms with Crippen LogP contribution in [0.1, 0.15) is 43.5 Å². The summed E-state index contributed by atoms with van der Waals surface area (Å²) in [5.41, 5.74) is 7.40. The van der Waals surface area contributed by atoms with Gasteiger partial charge in [0, 0.05) is 11.1 Å². The molecule has 2 rings (SSSR count). The summed E-state index contributed by atoms with van der Waals surface area (Å²) in [6.07, 6.45) is 1.87. The normalized spacial score (nSPS) is 18.9. The maximum Gasteiger partial charge on any atom is 0.166 e. The lowest BCUT2D eigenvalue weighted by molar-refractivity contribution is 0.250. The fraction of sp³-hybridized carbons (Fsp3) is 0.571. The highest BCUT2D eigenvalue weighted by Crippen LogP contribution is 2.45. The zero-order valence-electron chi connectivity index (χ0n) is 11.1. The van der Waals surface area contributed by atoms with Crippen molar-refractivity contribution in [1.29, 1.82) is 0 Å². The van der Waals surface area contributed by atoms with Crippen LogP contribution in [0.3, 0.4) is 0 Å². The molecule has 0 saturated heterocycles. The lowest BCUT2D eigenvalue weighted by atomic mass is 9.72. The summed E-state index contributed by atoms with van der Waals surface area (Å²) in [5.74, 6) is 1.00. The molecule has 1 fully saturated rings. The summed E-state index contributed by atoms with van der Waals surface area (Å²) in [4.78, 5) is 0. The standard InChI is InChI=1S/C14H20FNO2/c1-9(15)11-7-10(14(16)5-4-6-14)8-12(17-2)13(11)18-3/h7-9H,4-6,16H2,1-3H3. The fourth-order valence-corrected chi connectivity index (χ4v) is 2.42. The van der Waals surface area contributed by atoms with E-state index in [0.717, 1.165) is 24.8 Å². The average Bonchev–Trinajstić information content (AvgIpc) is 2.33. The van der Waals surface area contributed by atoms with Crippen LogP contribution in [0.15, 0.2) is 12.1 Å². The number of rotatable bonds is 4. The van der Waals surface area contributed by atoms with Crippen molar-refractivity contribution < 1.29 is 13.9 Å². The Morgan fingerprint density at radius 1 is 1.28 bits per heavy atom. The number of ether oxygens (including phenoxy) is 2. The summed E-state index contributed by atoms with van der Waals surface area (Å²) in [6, 6.07) is 3.68. The molecule has 0 amide bonds. The van der Waals surface area contributed by atoms with Crippen molar-refractivity contribution in [2.75, 3.05) is 14.2 Å². The molecule has 1 aromatic rings. The molecular weight excluding hydrogens is 233 g/mol. The Morgan fingerprint density at radius 2 is 1.94 bits per heavy atom. The van der Waals surface area contributed by atoms with E-state index in [-0.39, 0.29) is 5.54 Å². The van der Waals surface area contributed by atoms with Crippen molar-refractivity contribution >= 4 is 0 Å². The summed E-state index contributed by atoms with van der Waals surface area (Å²) in [6.45, 7) is 1.49. The van der Waals surface area contributed by atoms with Gasteiger partial charge in [-0.15, -0.1) is 0 Å². The van der Waals surface area contributed by atoms with Crippen LogP contribution >= 0.6 is 0 Å². The largest absolute Gasteiger partial charge is 0.493 e. The van der Waals surface area contributed by atoms with Gasteiger partial charge in [0.05, 0.1) is 14.2 Å². The van der Waals surface area contributed by atoms with Crippen LogP contribution in [-0.2, 0) is 5.54 Å². The molecule has 1 aromatic carbocycles. The van der Waals surface area contributed by atoms with Gasteiger partial charge in [-0.1, -0.05) is 0 Å². The molecule has 3 nitrogen and oxygen atoms in total. The minimum Gasteiger partial charge on any atom is -0.493 e. The first-order valence-corrected chi connectivity index (χ1v) is 6.21. The molecule has 0 aliphatic heterocycles. The van der Waals surface area contributed by atoms with Crippen LogP contribution < -0.4 is 15.2 Å². The third-order valence-corrected chi connectivity index (χ3v) is 3.76. The van der Waals surface area contributed by atoms with Gasteiger partial charge in [0.1, 0.15) is 6.17 Å². The van der Waals surface area contributed by atoms with Crippen molar-refractivity contribution in [2.24, 2.45) is 5.73 Å². The molecule has 2 N–H and O–H groups in total. The molecule has 1 aliphatic rings. The second kappa shape index (κ2) is 4.76. The third-order valence-electron chi connectivity index (χ3n) is 3.76. The highest BCUT2D eigenvalue weighted by molar-refractivity contribution is 5.52. The Kier molecular flexibility index (Phi) is 3.48. The molecule has 0 radical (unpaired) electrons. The summed E-state index contributed by atoms with van der Waals surface area (Å²) in [5, 5.41) is 0. The van der Waals surface area contributed by atoms with E-state index in [1.807, 2.05) is 12.1 Å². The van der Waals surface area contributed by atoms with Crippen LogP contribution in [0.25, 0.3) is 0 Å². The molecule has 0 aromatic heterocycles. The summed E-state index contributed by atoms with van der Waals surface area (Å²) in [7, 11) is 3.07. The van der Waals surface area contributed by atoms with Gasteiger partial charge in [-0.2, -0.15) is 0 Å². The molecule has 100 valence electrons. The van der Waals surface area contributed by atoms with Crippen molar-refractivity contribution in [2.45, 2.75) is 37.9 Å². The quantitative estimate of drug-likeness (QED) is 0.896. The van der Waals surface area contributed by atoms with E-state index in [2.05, 4.69) is 0 Å². The Balaban J connectivity index is 2.53. The SMILES string of the molecule is COc1cc(C2(N)CCC2)cc(C(C)F)c1OC. The van der Waals surface area contributed by atoms with Crippen LogP contribution in [0.2, 0.25) is 0 Å². The van der Waals surface area contributed by atoms with Crippen LogP contribution in [0, 0.1) is 0 Å². The van der Waals surface area contributed by atoms with E-state index in [1.54, 1.807) is 7.11 Å². The molecule has 0 bridgehead atoms. The van der Waals surface area contributed by atoms with Gasteiger partial charge < -0.3 is 15.2 Å². The maximum atomic E-state index is 13.7. The zero-order chi connectivity index (χ0) is 13.3. The van der Waals surface area contributed by atoms with Crippen molar-refractivity contribution in [3.8, 4) is 11.5 Å². The molecule has 18 heavy (non-hydrogen) atoms. The van der Waals surface area contributed by atoms with Gasteiger partial charge in [-0.3, -0.25) is 0 Å². The van der Waals surface area contributed by atoms with E-state index in [0.29, 0.717) is 17.1 Å². The van der Waals surface area contributed by atoms with Crippen LogP contribution in [0.4, 0.5) is 4.39 Å². The Labute approximate surface area is 107 Å². The second-order valence-electron chi connectivity index (χ2n) is 4.93. The zero-order valence-corrected chi connectivity index (χ0v) is 11.1. The molecule has 1 saturated carbocycles. The number of alkyl halides is 1. The fourth-order valence-electron chi connectivity index (χ4n) is 2.42. The van der Waals surface area contributed by atoms with E-state index >= 15 is 0 Å². The van der Waals surface area contributed by atoms with E-state index in [9.17, 15) is 4.39 Å². The van der Waals surface area contributed by atoms with E-state index in [1.165, 1.54) is 14.0 Å². The lowest BCUT2D eigenvalue weighted by Crippen LogP contribution is -2.43.